The zero-order chi connectivity index (χ0) is 30.9. The summed E-state index contributed by atoms with van der Waals surface area (Å²) in [6.07, 6.45) is 10.4. The Balaban J connectivity index is 1.28. The Labute approximate surface area is 252 Å². The quantitative estimate of drug-likeness (QED) is 0.467. The molecule has 4 aliphatic rings. The van der Waals surface area contributed by atoms with E-state index in [4.69, 9.17) is 14.0 Å². The van der Waals surface area contributed by atoms with Gasteiger partial charge in [-0.05, 0) is 109 Å². The Hall–Kier alpha value is -3.67. The number of aromatic nitrogens is 1. The van der Waals surface area contributed by atoms with Crippen molar-refractivity contribution in [1.29, 1.82) is 0 Å². The number of nitrogens with zero attached hydrogens (tertiary/aromatic N) is 3. The lowest BCUT2D eigenvalue weighted by Gasteiger charge is -2.32. The Morgan fingerprint density at radius 1 is 1.07 bits per heavy atom. The Morgan fingerprint density at radius 3 is 2.28 bits per heavy atom. The second-order valence-electron chi connectivity index (χ2n) is 13.7. The standard InChI is InChI=1S/C32H39BN4O6/c1-29(2,3)41-28(39)37-19-22-23(33-42-30(4,5)31(6,7)43-33)11-12-24(26(22)27(37)38)35-25-13-10-21(18-34-25)36-16-14-32(40,15-17-36)20-8-9-20/h10-18,20,40H,8-9,19H2,1-7H3,(H,34,35). The van der Waals surface area contributed by atoms with E-state index >= 15 is 0 Å². The molecule has 1 saturated carbocycles. The van der Waals surface area contributed by atoms with Gasteiger partial charge in [0.1, 0.15) is 17.0 Å². The lowest BCUT2D eigenvalue weighted by Crippen LogP contribution is -2.41. The first kappa shape index (κ1) is 29.4. The van der Waals surface area contributed by atoms with Crippen LogP contribution in [0.1, 0.15) is 77.2 Å². The number of imide groups is 1. The maximum Gasteiger partial charge on any atom is 0.495 e. The van der Waals surface area contributed by atoms with E-state index in [0.29, 0.717) is 34.0 Å². The number of hydrogen-bond acceptors (Lipinski definition) is 9. The molecule has 3 aliphatic heterocycles. The molecular weight excluding hydrogens is 547 g/mol. The van der Waals surface area contributed by atoms with Gasteiger partial charge in [0.2, 0.25) is 0 Å². The van der Waals surface area contributed by atoms with E-state index in [1.807, 2.05) is 75.3 Å². The molecule has 1 aromatic carbocycles. The number of rotatable bonds is 5. The number of ether oxygens (including phenoxy) is 1. The summed E-state index contributed by atoms with van der Waals surface area (Å²) in [5.74, 6) is 0.351. The number of amides is 2. The summed E-state index contributed by atoms with van der Waals surface area (Å²) >= 11 is 0. The van der Waals surface area contributed by atoms with Crippen LogP contribution in [-0.2, 0) is 20.6 Å². The number of pyridine rings is 1. The van der Waals surface area contributed by atoms with E-state index in [9.17, 15) is 14.7 Å². The number of carbonyl (C=O) groups excluding carboxylic acids is 2. The van der Waals surface area contributed by atoms with Crippen LogP contribution in [0.4, 0.5) is 22.0 Å². The average Bonchev–Trinajstić information content (AvgIpc) is 3.68. The van der Waals surface area contributed by atoms with Gasteiger partial charge in [-0.3, -0.25) is 4.79 Å². The third-order valence-electron chi connectivity index (χ3n) is 8.79. The third kappa shape index (κ3) is 5.45. The number of benzene rings is 1. The van der Waals surface area contributed by atoms with Crippen LogP contribution in [-0.4, -0.2) is 56.5 Å². The van der Waals surface area contributed by atoms with Gasteiger partial charge in [0.05, 0.1) is 40.9 Å². The van der Waals surface area contributed by atoms with Crippen molar-refractivity contribution in [3.63, 3.8) is 0 Å². The molecule has 0 spiro atoms. The van der Waals surface area contributed by atoms with Gasteiger partial charge in [0.15, 0.2) is 0 Å². The highest BCUT2D eigenvalue weighted by Gasteiger charge is 2.53. The number of nitrogens with one attached hydrogen (secondary N) is 1. The zero-order valence-corrected chi connectivity index (χ0v) is 25.8. The number of hydrogen-bond donors (Lipinski definition) is 2. The van der Waals surface area contributed by atoms with Gasteiger partial charge in [-0.2, -0.15) is 0 Å². The maximum absolute atomic E-state index is 13.8. The molecule has 4 heterocycles. The summed E-state index contributed by atoms with van der Waals surface area (Å²) in [6, 6.07) is 7.38. The molecule has 0 radical (unpaired) electrons. The summed E-state index contributed by atoms with van der Waals surface area (Å²) in [5.41, 5.74) is 0.236. The van der Waals surface area contributed by atoms with E-state index in [1.165, 1.54) is 0 Å². The smallest absolute Gasteiger partial charge is 0.443 e. The van der Waals surface area contributed by atoms with Crippen molar-refractivity contribution in [2.24, 2.45) is 5.92 Å². The van der Waals surface area contributed by atoms with Gasteiger partial charge in [-0.25, -0.2) is 14.7 Å². The van der Waals surface area contributed by atoms with E-state index in [1.54, 1.807) is 33.0 Å². The van der Waals surface area contributed by atoms with Crippen LogP contribution < -0.4 is 15.7 Å². The van der Waals surface area contributed by atoms with Crippen molar-refractivity contribution in [1.82, 2.24) is 9.88 Å². The average molecular weight is 586 g/mol. The highest BCUT2D eigenvalue weighted by Crippen LogP contribution is 2.43. The molecular formula is C32H39BN4O6. The topological polar surface area (TPSA) is 113 Å². The number of anilines is 3. The predicted molar refractivity (Wildman–Crippen MR) is 164 cm³/mol. The van der Waals surface area contributed by atoms with Gasteiger partial charge >= 0.3 is 13.2 Å². The van der Waals surface area contributed by atoms with Crippen molar-refractivity contribution < 1.29 is 28.7 Å². The fourth-order valence-corrected chi connectivity index (χ4v) is 5.45. The third-order valence-corrected chi connectivity index (χ3v) is 8.79. The second-order valence-corrected chi connectivity index (χ2v) is 13.7. The molecule has 0 atom stereocenters. The van der Waals surface area contributed by atoms with Gasteiger partial charge in [-0.15, -0.1) is 0 Å². The maximum atomic E-state index is 13.8. The monoisotopic (exact) mass is 586 g/mol. The van der Waals surface area contributed by atoms with Crippen molar-refractivity contribution in [2.45, 2.75) is 90.3 Å². The van der Waals surface area contributed by atoms with Gasteiger partial charge < -0.3 is 29.4 Å². The van der Waals surface area contributed by atoms with Gasteiger partial charge in [-0.1, -0.05) is 6.07 Å². The fraction of sp³-hybridized carbons (Fsp3) is 0.469. The molecule has 11 heteroatoms. The lowest BCUT2D eigenvalue weighted by molar-refractivity contribution is 0.00578. The number of fused-ring (bicyclic) bond motifs is 1. The summed E-state index contributed by atoms with van der Waals surface area (Å²) in [7, 11) is -0.709. The summed E-state index contributed by atoms with van der Waals surface area (Å²) < 4.78 is 18.2. The van der Waals surface area contributed by atoms with Crippen LogP contribution in [0.2, 0.25) is 0 Å². The van der Waals surface area contributed by atoms with Crippen LogP contribution in [0.5, 0.6) is 0 Å². The minimum absolute atomic E-state index is 0.0329. The summed E-state index contributed by atoms with van der Waals surface area (Å²) in [6.45, 7) is 13.2. The van der Waals surface area contributed by atoms with Crippen LogP contribution >= 0.6 is 0 Å². The highest BCUT2D eigenvalue weighted by atomic mass is 16.7. The zero-order valence-electron chi connectivity index (χ0n) is 25.8. The molecule has 226 valence electrons. The Morgan fingerprint density at radius 2 is 1.72 bits per heavy atom. The predicted octanol–water partition coefficient (Wildman–Crippen LogP) is 5.00. The molecule has 2 fully saturated rings. The Bertz CT molecular complexity index is 1490. The van der Waals surface area contributed by atoms with Crippen LogP contribution in [0.15, 0.2) is 55.0 Å². The lowest BCUT2D eigenvalue weighted by atomic mass is 9.74. The molecule has 43 heavy (non-hydrogen) atoms. The second kappa shape index (κ2) is 9.94. The van der Waals surface area contributed by atoms with Gasteiger partial charge in [0.25, 0.3) is 5.91 Å². The van der Waals surface area contributed by atoms with Gasteiger partial charge in [0, 0.05) is 12.4 Å². The minimum atomic E-state index is -0.877. The molecule has 2 amide bonds. The van der Waals surface area contributed by atoms with Crippen molar-refractivity contribution in [2.75, 3.05) is 10.2 Å². The molecule has 1 aromatic heterocycles. The first-order chi connectivity index (χ1) is 20.1. The van der Waals surface area contributed by atoms with Crippen LogP contribution in [0, 0.1) is 5.92 Å². The van der Waals surface area contributed by atoms with Crippen molar-refractivity contribution in [3.05, 3.63) is 66.1 Å². The van der Waals surface area contributed by atoms with E-state index in [0.717, 1.165) is 23.4 Å². The van der Waals surface area contributed by atoms with Crippen LogP contribution in [0.3, 0.4) is 0 Å². The van der Waals surface area contributed by atoms with E-state index < -0.39 is 41.5 Å². The van der Waals surface area contributed by atoms with Crippen LogP contribution in [0.25, 0.3) is 0 Å². The molecule has 2 aromatic rings. The first-order valence-corrected chi connectivity index (χ1v) is 14.8. The SMILES string of the molecule is CC(C)(C)OC(=O)N1Cc2c(B3OC(C)(C)C(C)(C)O3)ccc(Nc3ccc(N4C=CC(O)(C5CC5)C=C4)cn3)c2C1=O. The summed E-state index contributed by atoms with van der Waals surface area (Å²) in [5, 5.41) is 14.0. The molecule has 0 bridgehead atoms. The fourth-order valence-electron chi connectivity index (χ4n) is 5.45. The normalized spacial score (nSPS) is 21.8. The molecule has 0 unspecified atom stereocenters. The summed E-state index contributed by atoms with van der Waals surface area (Å²) in [4.78, 5) is 34.4. The molecule has 6 rings (SSSR count). The molecule has 2 N–H and O–H groups in total. The molecule has 10 nitrogen and oxygen atoms in total. The minimum Gasteiger partial charge on any atom is -0.443 e. The van der Waals surface area contributed by atoms with E-state index in [2.05, 4.69) is 10.3 Å². The first-order valence-electron chi connectivity index (χ1n) is 14.8. The van der Waals surface area contributed by atoms with Crippen molar-refractivity contribution in [3.8, 4) is 0 Å². The molecule has 1 aliphatic carbocycles. The highest BCUT2D eigenvalue weighted by molar-refractivity contribution is 6.63. The van der Waals surface area contributed by atoms with Crippen molar-refractivity contribution >= 4 is 41.8 Å². The Kier molecular flexibility index (Phi) is 6.80. The molecule has 1 saturated heterocycles. The number of aliphatic hydroxyl groups is 1. The number of carbonyl (C=O) groups is 2. The largest absolute Gasteiger partial charge is 0.495 e. The van der Waals surface area contributed by atoms with E-state index in [-0.39, 0.29) is 6.54 Å².